The first-order chi connectivity index (χ1) is 29.3. The van der Waals surface area contributed by atoms with Gasteiger partial charge in [0.25, 0.3) is 0 Å². The quantitative estimate of drug-likeness (QED) is 0.163. The molecule has 11 rings (SSSR count). The van der Waals surface area contributed by atoms with Crippen LogP contribution in [0.25, 0.3) is 78.1 Å². The predicted octanol–water partition coefficient (Wildman–Crippen LogP) is 13.7. The molecule has 1 aliphatic carbocycles. The summed E-state index contributed by atoms with van der Waals surface area (Å²) in [4.78, 5) is 14.6. The number of nitrogens with zero attached hydrogens (tertiary/aromatic N) is 3. The second-order valence-electron chi connectivity index (χ2n) is 15.1. The van der Waals surface area contributed by atoms with Crippen LogP contribution in [0, 0.1) is 0 Å². The van der Waals surface area contributed by atoms with Crippen LogP contribution in [-0.4, -0.2) is 15.0 Å². The van der Waals surface area contributed by atoms with E-state index in [0.717, 1.165) is 33.6 Å². The fraction of sp³-hybridized carbons (Fsp3) is 0.0179. The molecule has 2 heterocycles. The van der Waals surface area contributed by atoms with Crippen molar-refractivity contribution >= 4 is 10.8 Å². The predicted molar refractivity (Wildman–Crippen MR) is 242 cm³/mol. The molecule has 0 fully saturated rings. The van der Waals surface area contributed by atoms with Gasteiger partial charge in [0.05, 0.1) is 16.8 Å². The van der Waals surface area contributed by atoms with E-state index < -0.39 is 5.41 Å². The Kier molecular flexibility index (Phi) is 8.37. The third-order valence-corrected chi connectivity index (χ3v) is 11.9. The summed E-state index contributed by atoms with van der Waals surface area (Å²) in [6, 6.07) is 76.4. The summed E-state index contributed by atoms with van der Waals surface area (Å²) >= 11 is 0. The number of hydrogen-bond acceptors (Lipinski definition) is 3. The Bertz CT molecular complexity index is 3030. The van der Waals surface area contributed by atoms with E-state index >= 15 is 0 Å². The number of aromatic nitrogens is 3. The van der Waals surface area contributed by atoms with E-state index in [1.165, 1.54) is 60.8 Å². The molecule has 2 aromatic heterocycles. The average Bonchev–Trinajstić information content (AvgIpc) is 3.62. The highest BCUT2D eigenvalue weighted by Crippen LogP contribution is 2.57. The number of benzene rings is 8. The zero-order valence-electron chi connectivity index (χ0n) is 32.2. The van der Waals surface area contributed by atoms with Crippen LogP contribution in [0.1, 0.15) is 22.3 Å². The van der Waals surface area contributed by atoms with E-state index in [1.807, 2.05) is 36.7 Å². The Morgan fingerprint density at radius 2 is 0.746 bits per heavy atom. The zero-order valence-corrected chi connectivity index (χ0v) is 32.2. The second kappa shape index (κ2) is 14.3. The first-order valence-corrected chi connectivity index (χ1v) is 20.1. The smallest absolute Gasteiger partial charge is 0.160 e. The Balaban J connectivity index is 1.15. The van der Waals surface area contributed by atoms with E-state index in [2.05, 4.69) is 193 Å². The summed E-state index contributed by atoms with van der Waals surface area (Å²) in [5.74, 6) is 0.704. The molecule has 0 aliphatic heterocycles. The standard InChI is InChI=1S/C56H37N3/c1-5-15-39(16-6-1)53-37-54(59-55(58-53)40-17-7-2-8-18-40)42-26-28-50-49-27-25-41(46-30-29-45(38-31-33-57-34-32-38)47-23-13-14-24-48(46)47)35-51(49)56(52(50)36-42,43-19-9-3-10-20-43)44-21-11-4-12-22-44/h1-37H. The average molecular weight is 752 g/mol. The van der Waals surface area contributed by atoms with Crippen molar-refractivity contribution in [1.29, 1.82) is 0 Å². The first kappa shape index (κ1) is 34.5. The minimum atomic E-state index is -0.608. The molecule has 0 saturated heterocycles. The van der Waals surface area contributed by atoms with Gasteiger partial charge in [0, 0.05) is 29.1 Å². The van der Waals surface area contributed by atoms with Crippen molar-refractivity contribution in [3.05, 3.63) is 247 Å². The molecule has 0 bridgehead atoms. The van der Waals surface area contributed by atoms with Crippen LogP contribution >= 0.6 is 0 Å². The largest absolute Gasteiger partial charge is 0.265 e. The van der Waals surface area contributed by atoms with Gasteiger partial charge in [-0.05, 0) is 96.7 Å². The lowest BCUT2D eigenvalue weighted by Gasteiger charge is -2.34. The van der Waals surface area contributed by atoms with Gasteiger partial charge in [-0.2, -0.15) is 0 Å². The highest BCUT2D eigenvalue weighted by atomic mass is 14.9. The normalized spacial score (nSPS) is 12.5. The second-order valence-corrected chi connectivity index (χ2v) is 15.1. The Labute approximate surface area is 344 Å². The van der Waals surface area contributed by atoms with Crippen molar-refractivity contribution in [2.45, 2.75) is 5.41 Å². The lowest BCUT2D eigenvalue weighted by atomic mass is 9.67. The Morgan fingerprint density at radius 1 is 0.305 bits per heavy atom. The molecule has 276 valence electrons. The van der Waals surface area contributed by atoms with Crippen molar-refractivity contribution in [3.63, 3.8) is 0 Å². The summed E-state index contributed by atoms with van der Waals surface area (Å²) < 4.78 is 0. The maximum absolute atomic E-state index is 5.26. The first-order valence-electron chi connectivity index (χ1n) is 20.1. The number of rotatable bonds is 7. The molecule has 1 aliphatic rings. The van der Waals surface area contributed by atoms with E-state index in [-0.39, 0.29) is 0 Å². The van der Waals surface area contributed by atoms with Crippen molar-refractivity contribution in [2.24, 2.45) is 0 Å². The minimum absolute atomic E-state index is 0.608. The molecular formula is C56H37N3. The Hall–Kier alpha value is -7.75. The molecule has 8 aromatic carbocycles. The molecule has 0 atom stereocenters. The van der Waals surface area contributed by atoms with Crippen molar-refractivity contribution in [1.82, 2.24) is 15.0 Å². The van der Waals surface area contributed by atoms with Crippen LogP contribution in [0.4, 0.5) is 0 Å². The van der Waals surface area contributed by atoms with Gasteiger partial charge in [0.2, 0.25) is 0 Å². The van der Waals surface area contributed by atoms with E-state index in [1.54, 1.807) is 0 Å². The van der Waals surface area contributed by atoms with Gasteiger partial charge >= 0.3 is 0 Å². The molecule has 59 heavy (non-hydrogen) atoms. The number of pyridine rings is 1. The fourth-order valence-electron chi connectivity index (χ4n) is 9.22. The van der Waals surface area contributed by atoms with Crippen LogP contribution in [0.3, 0.4) is 0 Å². The number of fused-ring (bicyclic) bond motifs is 4. The molecule has 0 unspecified atom stereocenters. The summed E-state index contributed by atoms with van der Waals surface area (Å²) in [5, 5.41) is 2.44. The molecule has 0 amide bonds. The summed E-state index contributed by atoms with van der Waals surface area (Å²) in [7, 11) is 0. The zero-order chi connectivity index (χ0) is 39.2. The molecule has 0 saturated carbocycles. The van der Waals surface area contributed by atoms with Gasteiger partial charge in [0.1, 0.15) is 0 Å². The van der Waals surface area contributed by atoms with Crippen LogP contribution < -0.4 is 0 Å². The van der Waals surface area contributed by atoms with Crippen LogP contribution in [0.2, 0.25) is 0 Å². The third-order valence-electron chi connectivity index (χ3n) is 11.9. The van der Waals surface area contributed by atoms with Gasteiger partial charge in [-0.15, -0.1) is 0 Å². The van der Waals surface area contributed by atoms with Crippen molar-refractivity contribution < 1.29 is 0 Å². The van der Waals surface area contributed by atoms with Crippen LogP contribution in [0.15, 0.2) is 225 Å². The monoisotopic (exact) mass is 751 g/mol. The summed E-state index contributed by atoms with van der Waals surface area (Å²) in [6.45, 7) is 0. The topological polar surface area (TPSA) is 38.7 Å². The lowest BCUT2D eigenvalue weighted by Crippen LogP contribution is -2.28. The van der Waals surface area contributed by atoms with Crippen LogP contribution in [-0.2, 0) is 5.41 Å². The van der Waals surface area contributed by atoms with E-state index in [4.69, 9.17) is 9.97 Å². The summed E-state index contributed by atoms with van der Waals surface area (Å²) in [5.41, 5.74) is 16.4. The third kappa shape index (κ3) is 5.78. The molecular weight excluding hydrogens is 715 g/mol. The van der Waals surface area contributed by atoms with Crippen molar-refractivity contribution in [3.8, 4) is 67.3 Å². The van der Waals surface area contributed by atoms with Gasteiger partial charge < -0.3 is 0 Å². The maximum Gasteiger partial charge on any atom is 0.160 e. The maximum atomic E-state index is 5.26. The number of hydrogen-bond donors (Lipinski definition) is 0. The summed E-state index contributed by atoms with van der Waals surface area (Å²) in [6.07, 6.45) is 3.73. The molecule has 0 radical (unpaired) electrons. The van der Waals surface area contributed by atoms with Gasteiger partial charge in [-0.25, -0.2) is 9.97 Å². The van der Waals surface area contributed by atoms with Gasteiger partial charge in [0.15, 0.2) is 5.82 Å². The van der Waals surface area contributed by atoms with Crippen LogP contribution in [0.5, 0.6) is 0 Å². The van der Waals surface area contributed by atoms with Gasteiger partial charge in [-0.1, -0.05) is 182 Å². The Morgan fingerprint density at radius 3 is 1.32 bits per heavy atom. The highest BCUT2D eigenvalue weighted by Gasteiger charge is 2.46. The van der Waals surface area contributed by atoms with Gasteiger partial charge in [-0.3, -0.25) is 4.98 Å². The molecule has 3 nitrogen and oxygen atoms in total. The fourth-order valence-corrected chi connectivity index (χ4v) is 9.22. The highest BCUT2D eigenvalue weighted by molar-refractivity contribution is 6.05. The molecule has 3 heteroatoms. The van der Waals surface area contributed by atoms with Crippen molar-refractivity contribution in [2.75, 3.05) is 0 Å². The SMILES string of the molecule is c1ccc(-c2cc(-c3ccc4c(c3)C(c3ccccc3)(c3ccccc3)c3cc(-c5ccc(-c6ccncc6)c6ccccc56)ccc3-4)nc(-c3ccccc3)n2)cc1. The molecule has 0 spiro atoms. The lowest BCUT2D eigenvalue weighted by molar-refractivity contribution is 0.769. The molecule has 0 N–H and O–H groups in total. The van der Waals surface area contributed by atoms with E-state index in [9.17, 15) is 0 Å². The minimum Gasteiger partial charge on any atom is -0.265 e. The van der Waals surface area contributed by atoms with E-state index in [0.29, 0.717) is 5.82 Å². The molecule has 10 aromatic rings.